The van der Waals surface area contributed by atoms with Crippen LogP contribution in [0.2, 0.25) is 0 Å². The molecule has 0 radical (unpaired) electrons. The van der Waals surface area contributed by atoms with Crippen molar-refractivity contribution in [1.82, 2.24) is 0 Å². The number of amides is 1. The van der Waals surface area contributed by atoms with Crippen LogP contribution in [-0.2, 0) is 4.79 Å². The first-order valence-corrected chi connectivity index (χ1v) is 5.70. The van der Waals surface area contributed by atoms with Crippen LogP contribution in [-0.4, -0.2) is 16.8 Å². The van der Waals surface area contributed by atoms with Gasteiger partial charge < -0.3 is 10.4 Å². The van der Waals surface area contributed by atoms with Gasteiger partial charge in [0.25, 0.3) is 0 Å². The number of hydrogen-bond acceptors (Lipinski definition) is 3. The van der Waals surface area contributed by atoms with Crippen molar-refractivity contribution in [2.75, 3.05) is 5.32 Å². The Labute approximate surface area is 113 Å². The van der Waals surface area contributed by atoms with Gasteiger partial charge in [-0.3, -0.25) is 9.59 Å². The van der Waals surface area contributed by atoms with Gasteiger partial charge >= 0.3 is 0 Å². The molecule has 0 bridgehead atoms. The van der Waals surface area contributed by atoms with Crippen molar-refractivity contribution < 1.29 is 27.9 Å². The van der Waals surface area contributed by atoms with E-state index in [9.17, 15) is 27.9 Å². The van der Waals surface area contributed by atoms with Crippen molar-refractivity contribution in [3.63, 3.8) is 0 Å². The summed E-state index contributed by atoms with van der Waals surface area (Å²) in [4.78, 5) is 23.1. The van der Waals surface area contributed by atoms with E-state index in [1.54, 1.807) is 0 Å². The molecule has 0 unspecified atom stereocenters. The zero-order valence-corrected chi connectivity index (χ0v) is 11.4. The average Bonchev–Trinajstić information content (AvgIpc) is 2.31. The summed E-state index contributed by atoms with van der Waals surface area (Å²) >= 11 is 0. The zero-order valence-electron chi connectivity index (χ0n) is 11.4. The first-order chi connectivity index (χ1) is 8.98. The number of carbonyl (C=O) groups excluding carboxylic acids is 2. The number of Topliss-reactive ketones (excluding diaryl/α,β-unsaturated/α-hetero) is 1. The summed E-state index contributed by atoms with van der Waals surface area (Å²) in [6.45, 7) is 5.45. The quantitative estimate of drug-likeness (QED) is 0.649. The molecule has 0 saturated carbocycles. The second-order valence-electron chi connectivity index (χ2n) is 5.30. The van der Waals surface area contributed by atoms with Crippen LogP contribution in [0.1, 0.15) is 38.1 Å². The standard InChI is InChI=1S/C13H14F3NO3/c1-5(18)6-10(17-12(20)13(2,3)4)8(15)7(14)9(16)11(6)19/h19H,1-4H3,(H,17,20). The number of aromatic hydroxyl groups is 1. The zero-order chi connectivity index (χ0) is 15.8. The molecule has 110 valence electrons. The fraction of sp³-hybridized carbons (Fsp3) is 0.385. The lowest BCUT2D eigenvalue weighted by Crippen LogP contribution is -2.29. The predicted octanol–water partition coefficient (Wildman–Crippen LogP) is 3.00. The minimum atomic E-state index is -1.96. The largest absolute Gasteiger partial charge is 0.504 e. The van der Waals surface area contributed by atoms with Crippen LogP contribution in [0.5, 0.6) is 5.75 Å². The third-order valence-electron chi connectivity index (χ3n) is 2.57. The molecule has 4 nitrogen and oxygen atoms in total. The van der Waals surface area contributed by atoms with Crippen LogP contribution in [0.4, 0.5) is 18.9 Å². The van der Waals surface area contributed by atoms with E-state index in [1.807, 2.05) is 5.32 Å². The molecule has 7 heteroatoms. The van der Waals surface area contributed by atoms with Crippen molar-refractivity contribution in [2.45, 2.75) is 27.7 Å². The third-order valence-corrected chi connectivity index (χ3v) is 2.57. The van der Waals surface area contributed by atoms with E-state index >= 15 is 0 Å². The molecule has 0 aliphatic rings. The molecule has 2 N–H and O–H groups in total. The van der Waals surface area contributed by atoms with E-state index in [2.05, 4.69) is 0 Å². The minimum Gasteiger partial charge on any atom is -0.504 e. The highest BCUT2D eigenvalue weighted by molar-refractivity contribution is 6.06. The molecule has 0 aromatic heterocycles. The number of carbonyl (C=O) groups is 2. The molecule has 1 aromatic rings. The van der Waals surface area contributed by atoms with Crippen molar-refractivity contribution in [2.24, 2.45) is 5.41 Å². The summed E-state index contributed by atoms with van der Waals surface area (Å²) in [5, 5.41) is 11.4. The Morgan fingerprint density at radius 2 is 1.55 bits per heavy atom. The first-order valence-electron chi connectivity index (χ1n) is 5.70. The lowest BCUT2D eigenvalue weighted by molar-refractivity contribution is -0.123. The van der Waals surface area contributed by atoms with Crippen molar-refractivity contribution in [3.8, 4) is 5.75 Å². The normalized spacial score (nSPS) is 11.3. The molecular formula is C13H14F3NO3. The molecular weight excluding hydrogens is 275 g/mol. The summed E-state index contributed by atoms with van der Waals surface area (Å²) in [5.41, 5.74) is -2.63. The van der Waals surface area contributed by atoms with E-state index in [-0.39, 0.29) is 0 Å². The minimum absolute atomic E-state index is 0.718. The highest BCUT2D eigenvalue weighted by atomic mass is 19.2. The van der Waals surface area contributed by atoms with Crippen molar-refractivity contribution in [3.05, 3.63) is 23.0 Å². The monoisotopic (exact) mass is 289 g/mol. The fourth-order valence-electron chi connectivity index (χ4n) is 1.41. The van der Waals surface area contributed by atoms with E-state index in [0.717, 1.165) is 6.92 Å². The number of ketones is 1. The lowest BCUT2D eigenvalue weighted by atomic mass is 9.95. The number of hydrogen-bond donors (Lipinski definition) is 2. The van der Waals surface area contributed by atoms with Gasteiger partial charge in [0.15, 0.2) is 23.2 Å². The average molecular weight is 289 g/mol. The van der Waals surface area contributed by atoms with Gasteiger partial charge in [-0.25, -0.2) is 8.78 Å². The Bertz CT molecular complexity index is 592. The van der Waals surface area contributed by atoms with Crippen molar-refractivity contribution in [1.29, 1.82) is 0 Å². The molecule has 0 aliphatic carbocycles. The third kappa shape index (κ3) is 2.76. The van der Waals surface area contributed by atoms with Gasteiger partial charge in [-0.05, 0) is 6.92 Å². The van der Waals surface area contributed by atoms with Gasteiger partial charge in [0.05, 0.1) is 11.3 Å². The van der Waals surface area contributed by atoms with Crippen LogP contribution in [0.15, 0.2) is 0 Å². The van der Waals surface area contributed by atoms with Crippen LogP contribution in [0.3, 0.4) is 0 Å². The number of phenols is 1. The highest BCUT2D eigenvalue weighted by Gasteiger charge is 2.30. The summed E-state index contributed by atoms with van der Waals surface area (Å²) in [5.74, 6) is -8.53. The van der Waals surface area contributed by atoms with Crippen molar-refractivity contribution >= 4 is 17.4 Å². The van der Waals surface area contributed by atoms with Gasteiger partial charge in [0.2, 0.25) is 11.7 Å². The number of anilines is 1. The molecule has 0 heterocycles. The van der Waals surface area contributed by atoms with Gasteiger partial charge in [-0.2, -0.15) is 4.39 Å². The lowest BCUT2D eigenvalue weighted by Gasteiger charge is -2.20. The number of halogens is 3. The fourth-order valence-corrected chi connectivity index (χ4v) is 1.41. The molecule has 20 heavy (non-hydrogen) atoms. The number of benzene rings is 1. The van der Waals surface area contributed by atoms with Crippen LogP contribution in [0, 0.1) is 22.9 Å². The number of nitrogens with one attached hydrogen (secondary N) is 1. The summed E-state index contributed by atoms with van der Waals surface area (Å²) in [7, 11) is 0. The molecule has 0 fully saturated rings. The number of rotatable bonds is 2. The van der Waals surface area contributed by atoms with Gasteiger partial charge in [0.1, 0.15) is 0 Å². The smallest absolute Gasteiger partial charge is 0.229 e. The van der Waals surface area contributed by atoms with E-state index in [0.29, 0.717) is 0 Å². The Hall–Kier alpha value is -2.05. The molecule has 1 rings (SSSR count). The summed E-state index contributed by atoms with van der Waals surface area (Å²) in [6.07, 6.45) is 0. The highest BCUT2D eigenvalue weighted by Crippen LogP contribution is 2.35. The second kappa shape index (κ2) is 5.15. The van der Waals surface area contributed by atoms with Gasteiger partial charge in [0, 0.05) is 5.41 Å². The maximum absolute atomic E-state index is 13.7. The van der Waals surface area contributed by atoms with Gasteiger partial charge in [-0.1, -0.05) is 20.8 Å². The molecule has 0 saturated heterocycles. The van der Waals surface area contributed by atoms with Crippen LogP contribution < -0.4 is 5.32 Å². The molecule has 1 amide bonds. The Kier molecular flexibility index (Phi) is 4.12. The Morgan fingerprint density at radius 3 is 1.95 bits per heavy atom. The maximum Gasteiger partial charge on any atom is 0.229 e. The topological polar surface area (TPSA) is 66.4 Å². The summed E-state index contributed by atoms with van der Waals surface area (Å²) in [6, 6.07) is 0. The number of phenolic OH excluding ortho intramolecular Hbond substituents is 1. The maximum atomic E-state index is 13.7. The molecule has 0 atom stereocenters. The van der Waals surface area contributed by atoms with E-state index < -0.39 is 51.6 Å². The SMILES string of the molecule is CC(=O)c1c(O)c(F)c(F)c(F)c1NC(=O)C(C)(C)C. The van der Waals surface area contributed by atoms with Crippen LogP contribution in [0.25, 0.3) is 0 Å². The van der Waals surface area contributed by atoms with E-state index in [4.69, 9.17) is 0 Å². The predicted molar refractivity (Wildman–Crippen MR) is 66.1 cm³/mol. The molecule has 0 spiro atoms. The molecule has 1 aromatic carbocycles. The molecule has 0 aliphatic heterocycles. The first kappa shape index (κ1) is 16.0. The Balaban J connectivity index is 3.53. The second-order valence-corrected chi connectivity index (χ2v) is 5.30. The summed E-state index contributed by atoms with van der Waals surface area (Å²) < 4.78 is 40.2. The van der Waals surface area contributed by atoms with E-state index in [1.165, 1.54) is 20.8 Å². The van der Waals surface area contributed by atoms with Gasteiger partial charge in [-0.15, -0.1) is 0 Å². The van der Waals surface area contributed by atoms with Crippen LogP contribution >= 0.6 is 0 Å². The Morgan fingerprint density at radius 1 is 1.05 bits per heavy atom.